The van der Waals surface area contributed by atoms with Crippen molar-refractivity contribution in [3.63, 3.8) is 0 Å². The lowest BCUT2D eigenvalue weighted by Gasteiger charge is -2.25. The van der Waals surface area contributed by atoms with Crippen LogP contribution in [0.25, 0.3) is 11.1 Å². The molecule has 0 spiro atoms. The fourth-order valence-corrected chi connectivity index (χ4v) is 2.66. The summed E-state index contributed by atoms with van der Waals surface area (Å²) in [4.78, 5) is 16.6. The van der Waals surface area contributed by atoms with E-state index in [2.05, 4.69) is 4.98 Å². The van der Waals surface area contributed by atoms with Gasteiger partial charge in [0.05, 0.1) is 11.7 Å². The Labute approximate surface area is 139 Å². The van der Waals surface area contributed by atoms with Crippen molar-refractivity contribution in [2.24, 2.45) is 0 Å². The SMILES string of the molecule is CN(C(=O)O)C1(COc2cncc(-c3cccc(Cl)c3)c2)CC1. The topological polar surface area (TPSA) is 62.7 Å². The molecule has 6 heteroatoms. The molecule has 1 aromatic heterocycles. The monoisotopic (exact) mass is 332 g/mol. The Bertz CT molecular complexity index is 731. The van der Waals surface area contributed by atoms with Crippen molar-refractivity contribution in [2.45, 2.75) is 18.4 Å². The van der Waals surface area contributed by atoms with Gasteiger partial charge in [-0.3, -0.25) is 4.98 Å². The predicted octanol–water partition coefficient (Wildman–Crippen LogP) is 3.92. The van der Waals surface area contributed by atoms with E-state index in [0.29, 0.717) is 17.4 Å². The first-order chi connectivity index (χ1) is 11.0. The van der Waals surface area contributed by atoms with E-state index in [1.54, 1.807) is 19.4 Å². The molecule has 23 heavy (non-hydrogen) atoms. The molecule has 1 aliphatic carbocycles. The summed E-state index contributed by atoms with van der Waals surface area (Å²) in [5.41, 5.74) is 1.46. The number of nitrogens with zero attached hydrogens (tertiary/aromatic N) is 2. The third-order valence-corrected chi connectivity index (χ3v) is 4.44. The van der Waals surface area contributed by atoms with Gasteiger partial charge in [0.25, 0.3) is 0 Å². The van der Waals surface area contributed by atoms with E-state index in [0.717, 1.165) is 24.0 Å². The first kappa shape index (κ1) is 15.6. The van der Waals surface area contributed by atoms with Crippen LogP contribution in [0.5, 0.6) is 5.75 Å². The van der Waals surface area contributed by atoms with Crippen molar-refractivity contribution in [1.82, 2.24) is 9.88 Å². The number of pyridine rings is 1. The first-order valence-electron chi connectivity index (χ1n) is 7.31. The van der Waals surface area contributed by atoms with Crippen LogP contribution in [0, 0.1) is 0 Å². The van der Waals surface area contributed by atoms with Gasteiger partial charge in [0.15, 0.2) is 0 Å². The molecular weight excluding hydrogens is 316 g/mol. The Balaban J connectivity index is 1.73. The number of halogens is 1. The lowest BCUT2D eigenvalue weighted by atomic mass is 10.1. The number of likely N-dealkylation sites (N-methyl/N-ethyl adjacent to an activating group) is 1. The van der Waals surface area contributed by atoms with E-state index < -0.39 is 11.6 Å². The third-order valence-electron chi connectivity index (χ3n) is 4.20. The molecule has 1 amide bonds. The standard InChI is InChI=1S/C17H17ClN2O3/c1-20(16(21)22)17(5-6-17)11-23-15-8-13(9-19-10-15)12-3-2-4-14(18)7-12/h2-4,7-10H,5-6,11H2,1H3,(H,21,22). The normalized spacial score (nSPS) is 15.0. The second-order valence-corrected chi connectivity index (χ2v) is 6.21. The average Bonchev–Trinajstić information content (AvgIpc) is 3.33. The van der Waals surface area contributed by atoms with Gasteiger partial charge in [-0.05, 0) is 36.6 Å². The van der Waals surface area contributed by atoms with Crippen LogP contribution in [0.15, 0.2) is 42.7 Å². The molecule has 1 saturated carbocycles. The van der Waals surface area contributed by atoms with Crippen LogP contribution >= 0.6 is 11.6 Å². The highest BCUT2D eigenvalue weighted by Gasteiger charge is 2.49. The smallest absolute Gasteiger partial charge is 0.407 e. The Hall–Kier alpha value is -2.27. The summed E-state index contributed by atoms with van der Waals surface area (Å²) >= 11 is 6.02. The zero-order chi connectivity index (χ0) is 16.4. The van der Waals surface area contributed by atoms with Crippen molar-refractivity contribution in [2.75, 3.05) is 13.7 Å². The summed E-state index contributed by atoms with van der Waals surface area (Å²) in [7, 11) is 1.58. The highest BCUT2D eigenvalue weighted by Crippen LogP contribution is 2.41. The van der Waals surface area contributed by atoms with Crippen molar-refractivity contribution in [1.29, 1.82) is 0 Å². The molecule has 1 aliphatic rings. The number of ether oxygens (including phenoxy) is 1. The Morgan fingerprint density at radius 1 is 1.35 bits per heavy atom. The highest BCUT2D eigenvalue weighted by atomic mass is 35.5. The second-order valence-electron chi connectivity index (χ2n) is 5.77. The molecule has 3 rings (SSSR count). The molecule has 1 heterocycles. The maximum Gasteiger partial charge on any atom is 0.407 e. The Kier molecular flexibility index (Phi) is 4.13. The van der Waals surface area contributed by atoms with E-state index >= 15 is 0 Å². The summed E-state index contributed by atoms with van der Waals surface area (Å²) in [6.07, 6.45) is 4.07. The number of carboxylic acid groups (broad SMARTS) is 1. The van der Waals surface area contributed by atoms with Crippen molar-refractivity contribution < 1.29 is 14.6 Å². The van der Waals surface area contributed by atoms with Crippen LogP contribution in [0.2, 0.25) is 5.02 Å². The van der Waals surface area contributed by atoms with Crippen LogP contribution in [0.3, 0.4) is 0 Å². The molecule has 0 radical (unpaired) electrons. The molecule has 0 saturated heterocycles. The minimum atomic E-state index is -0.933. The lowest BCUT2D eigenvalue weighted by molar-refractivity contribution is 0.109. The number of rotatable bonds is 5. The number of carbonyl (C=O) groups is 1. The zero-order valence-corrected chi connectivity index (χ0v) is 13.5. The fraction of sp³-hybridized carbons (Fsp3) is 0.294. The molecule has 1 aromatic carbocycles. The molecule has 0 unspecified atom stereocenters. The van der Waals surface area contributed by atoms with Crippen LogP contribution in [0.1, 0.15) is 12.8 Å². The molecule has 0 bridgehead atoms. The van der Waals surface area contributed by atoms with Gasteiger partial charge in [-0.1, -0.05) is 23.7 Å². The highest BCUT2D eigenvalue weighted by molar-refractivity contribution is 6.30. The summed E-state index contributed by atoms with van der Waals surface area (Å²) in [5.74, 6) is 0.618. The van der Waals surface area contributed by atoms with E-state index in [1.165, 1.54) is 4.90 Å². The summed E-state index contributed by atoms with van der Waals surface area (Å²) in [6.45, 7) is 0.330. The van der Waals surface area contributed by atoms with Gasteiger partial charge in [0.1, 0.15) is 12.4 Å². The predicted molar refractivity (Wildman–Crippen MR) is 87.9 cm³/mol. The van der Waals surface area contributed by atoms with E-state index in [9.17, 15) is 4.79 Å². The minimum Gasteiger partial charge on any atom is -0.490 e. The molecule has 2 aromatic rings. The maximum atomic E-state index is 11.1. The molecule has 0 atom stereocenters. The number of aromatic nitrogens is 1. The number of hydrogen-bond donors (Lipinski definition) is 1. The quantitative estimate of drug-likeness (QED) is 0.901. The van der Waals surface area contributed by atoms with Gasteiger partial charge in [-0.15, -0.1) is 0 Å². The molecule has 120 valence electrons. The summed E-state index contributed by atoms with van der Waals surface area (Å²) in [6, 6.07) is 9.40. The maximum absolute atomic E-state index is 11.1. The molecular formula is C17H17ClN2O3. The minimum absolute atomic E-state index is 0.330. The van der Waals surface area contributed by atoms with Crippen molar-refractivity contribution in [3.8, 4) is 16.9 Å². The second kappa shape index (κ2) is 6.08. The van der Waals surface area contributed by atoms with Gasteiger partial charge in [0.2, 0.25) is 0 Å². The fourth-order valence-electron chi connectivity index (χ4n) is 2.47. The van der Waals surface area contributed by atoms with Gasteiger partial charge >= 0.3 is 6.09 Å². The van der Waals surface area contributed by atoms with Gasteiger partial charge in [-0.25, -0.2) is 4.79 Å². The number of amides is 1. The van der Waals surface area contributed by atoms with Crippen molar-refractivity contribution in [3.05, 3.63) is 47.7 Å². The lowest BCUT2D eigenvalue weighted by Crippen LogP contribution is -2.42. The number of benzene rings is 1. The largest absolute Gasteiger partial charge is 0.490 e. The van der Waals surface area contributed by atoms with Crippen LogP contribution < -0.4 is 4.74 Å². The zero-order valence-electron chi connectivity index (χ0n) is 12.7. The van der Waals surface area contributed by atoms with Gasteiger partial charge < -0.3 is 14.7 Å². The number of hydrogen-bond acceptors (Lipinski definition) is 3. The van der Waals surface area contributed by atoms with Gasteiger partial charge in [0, 0.05) is 23.8 Å². The Morgan fingerprint density at radius 3 is 2.78 bits per heavy atom. The average molecular weight is 333 g/mol. The third kappa shape index (κ3) is 3.40. The Morgan fingerprint density at radius 2 is 2.13 bits per heavy atom. The van der Waals surface area contributed by atoms with Crippen LogP contribution in [0.4, 0.5) is 4.79 Å². The van der Waals surface area contributed by atoms with E-state index in [-0.39, 0.29) is 0 Å². The molecule has 1 N–H and O–H groups in total. The van der Waals surface area contributed by atoms with Gasteiger partial charge in [-0.2, -0.15) is 0 Å². The molecule has 1 fully saturated rings. The van der Waals surface area contributed by atoms with Crippen LogP contribution in [-0.2, 0) is 0 Å². The summed E-state index contributed by atoms with van der Waals surface area (Å²) in [5, 5.41) is 9.78. The van der Waals surface area contributed by atoms with Crippen LogP contribution in [-0.4, -0.2) is 40.3 Å². The molecule has 0 aliphatic heterocycles. The van der Waals surface area contributed by atoms with E-state index in [4.69, 9.17) is 21.4 Å². The van der Waals surface area contributed by atoms with E-state index in [1.807, 2.05) is 30.3 Å². The first-order valence-corrected chi connectivity index (χ1v) is 7.69. The molecule has 5 nitrogen and oxygen atoms in total. The summed E-state index contributed by atoms with van der Waals surface area (Å²) < 4.78 is 5.80. The van der Waals surface area contributed by atoms with Crippen molar-refractivity contribution >= 4 is 17.7 Å².